The summed E-state index contributed by atoms with van der Waals surface area (Å²) < 4.78 is 12.8. The molecule has 0 aliphatic heterocycles. The van der Waals surface area contributed by atoms with Crippen LogP contribution in [-0.2, 0) is 5.60 Å². The van der Waals surface area contributed by atoms with Crippen molar-refractivity contribution in [2.24, 2.45) is 0 Å². The molecule has 0 aliphatic carbocycles. The summed E-state index contributed by atoms with van der Waals surface area (Å²) in [6, 6.07) is 12.0. The van der Waals surface area contributed by atoms with Gasteiger partial charge in [-0.3, -0.25) is 4.79 Å². The lowest BCUT2D eigenvalue weighted by atomic mass is 9.96. The number of carbonyl (C=O) groups excluding carboxylic acids is 1. The predicted octanol–water partition coefficient (Wildman–Crippen LogP) is 3.12. The first-order chi connectivity index (χ1) is 9.88. The first kappa shape index (κ1) is 15.5. The highest BCUT2D eigenvalue weighted by Gasteiger charge is 2.23. The number of benzene rings is 2. The van der Waals surface area contributed by atoms with Gasteiger partial charge in [0.2, 0.25) is 0 Å². The van der Waals surface area contributed by atoms with E-state index in [9.17, 15) is 14.3 Å². The van der Waals surface area contributed by atoms with Crippen LogP contribution in [0.2, 0.25) is 5.02 Å². The topological polar surface area (TPSA) is 49.3 Å². The lowest BCUT2D eigenvalue weighted by Crippen LogP contribution is -2.38. The van der Waals surface area contributed by atoms with Gasteiger partial charge in [0.25, 0.3) is 5.91 Å². The van der Waals surface area contributed by atoms with Crippen molar-refractivity contribution in [2.45, 2.75) is 12.5 Å². The first-order valence-corrected chi connectivity index (χ1v) is 6.78. The monoisotopic (exact) mass is 307 g/mol. The van der Waals surface area contributed by atoms with Crippen molar-refractivity contribution in [1.29, 1.82) is 0 Å². The molecule has 0 bridgehead atoms. The van der Waals surface area contributed by atoms with Gasteiger partial charge in [-0.05, 0) is 48.9 Å². The zero-order chi connectivity index (χ0) is 15.5. The molecule has 0 spiro atoms. The molecule has 0 saturated heterocycles. The maximum atomic E-state index is 12.8. The zero-order valence-electron chi connectivity index (χ0n) is 11.4. The van der Waals surface area contributed by atoms with Crippen molar-refractivity contribution >= 4 is 17.5 Å². The number of amides is 1. The van der Waals surface area contributed by atoms with Crippen LogP contribution < -0.4 is 5.32 Å². The molecule has 0 radical (unpaired) electrons. The molecule has 3 nitrogen and oxygen atoms in total. The molecular formula is C16H15ClFNO2. The Hall–Kier alpha value is -1.91. The third-order valence-corrected chi connectivity index (χ3v) is 3.42. The van der Waals surface area contributed by atoms with E-state index in [1.54, 1.807) is 31.2 Å². The van der Waals surface area contributed by atoms with Gasteiger partial charge in [-0.15, -0.1) is 0 Å². The Morgan fingerprint density at radius 2 is 1.76 bits per heavy atom. The minimum atomic E-state index is -1.22. The summed E-state index contributed by atoms with van der Waals surface area (Å²) in [5, 5.41) is 13.6. The second-order valence-corrected chi connectivity index (χ2v) is 5.41. The van der Waals surface area contributed by atoms with Crippen LogP contribution in [0.4, 0.5) is 4.39 Å². The summed E-state index contributed by atoms with van der Waals surface area (Å²) in [4.78, 5) is 11.9. The van der Waals surface area contributed by atoms with E-state index in [2.05, 4.69) is 5.32 Å². The molecule has 0 aromatic heterocycles. The number of hydrogen-bond acceptors (Lipinski definition) is 2. The summed E-state index contributed by atoms with van der Waals surface area (Å²) >= 11 is 5.80. The molecule has 0 saturated carbocycles. The fraction of sp³-hybridized carbons (Fsp3) is 0.188. The van der Waals surface area contributed by atoms with E-state index >= 15 is 0 Å². The van der Waals surface area contributed by atoms with Gasteiger partial charge in [0.1, 0.15) is 11.4 Å². The molecule has 0 fully saturated rings. The van der Waals surface area contributed by atoms with Crippen LogP contribution in [0.15, 0.2) is 48.5 Å². The van der Waals surface area contributed by atoms with Crippen molar-refractivity contribution in [2.75, 3.05) is 6.54 Å². The second kappa shape index (κ2) is 6.24. The summed E-state index contributed by atoms with van der Waals surface area (Å²) in [6.45, 7) is 1.63. The molecular weight excluding hydrogens is 293 g/mol. The lowest BCUT2D eigenvalue weighted by molar-refractivity contribution is 0.0526. The number of hydrogen-bond donors (Lipinski definition) is 2. The third kappa shape index (κ3) is 4.03. The second-order valence-electron chi connectivity index (χ2n) is 4.97. The Bertz CT molecular complexity index is 624. The Kier molecular flexibility index (Phi) is 4.60. The summed E-state index contributed by atoms with van der Waals surface area (Å²) in [5.41, 5.74) is -0.241. The molecule has 0 heterocycles. The molecule has 2 aromatic rings. The molecule has 110 valence electrons. The lowest BCUT2D eigenvalue weighted by Gasteiger charge is -2.24. The fourth-order valence-corrected chi connectivity index (χ4v) is 1.99. The van der Waals surface area contributed by atoms with Gasteiger partial charge in [-0.2, -0.15) is 0 Å². The largest absolute Gasteiger partial charge is 0.384 e. The van der Waals surface area contributed by atoms with E-state index in [0.717, 1.165) is 0 Å². The van der Waals surface area contributed by atoms with Crippen molar-refractivity contribution in [3.05, 3.63) is 70.5 Å². The van der Waals surface area contributed by atoms with E-state index < -0.39 is 11.4 Å². The van der Waals surface area contributed by atoms with E-state index in [4.69, 9.17) is 11.6 Å². The minimum absolute atomic E-state index is 0.0326. The number of aliphatic hydroxyl groups is 1. The highest BCUT2D eigenvalue weighted by atomic mass is 35.5. The maximum absolute atomic E-state index is 12.8. The Labute approximate surface area is 127 Å². The summed E-state index contributed by atoms with van der Waals surface area (Å²) in [7, 11) is 0. The molecule has 2 rings (SSSR count). The molecule has 2 N–H and O–H groups in total. The standard InChI is InChI=1S/C16H15ClFNO2/c1-16(21,12-4-6-13(17)7-5-12)10-19-15(20)11-2-8-14(18)9-3-11/h2-9,21H,10H2,1H3,(H,19,20). The fourth-order valence-electron chi connectivity index (χ4n) is 1.87. The van der Waals surface area contributed by atoms with Crippen LogP contribution >= 0.6 is 11.6 Å². The third-order valence-electron chi connectivity index (χ3n) is 3.17. The highest BCUT2D eigenvalue weighted by Crippen LogP contribution is 2.21. The van der Waals surface area contributed by atoms with Crippen LogP contribution in [-0.4, -0.2) is 17.6 Å². The average molecular weight is 308 g/mol. The van der Waals surface area contributed by atoms with Crippen LogP contribution in [0.1, 0.15) is 22.8 Å². The molecule has 5 heteroatoms. The molecule has 1 amide bonds. The highest BCUT2D eigenvalue weighted by molar-refractivity contribution is 6.30. The van der Waals surface area contributed by atoms with Gasteiger partial charge in [-0.1, -0.05) is 23.7 Å². The van der Waals surface area contributed by atoms with Gasteiger partial charge >= 0.3 is 0 Å². The van der Waals surface area contributed by atoms with Crippen LogP contribution in [0.25, 0.3) is 0 Å². The molecule has 0 aliphatic rings. The molecule has 21 heavy (non-hydrogen) atoms. The van der Waals surface area contributed by atoms with E-state index in [-0.39, 0.29) is 12.5 Å². The first-order valence-electron chi connectivity index (χ1n) is 6.41. The van der Waals surface area contributed by atoms with E-state index in [1.807, 2.05) is 0 Å². The normalized spacial score (nSPS) is 13.5. The van der Waals surface area contributed by atoms with Crippen molar-refractivity contribution in [1.82, 2.24) is 5.32 Å². The van der Waals surface area contributed by atoms with Crippen molar-refractivity contribution < 1.29 is 14.3 Å². The molecule has 1 atom stereocenters. The zero-order valence-corrected chi connectivity index (χ0v) is 12.2. The maximum Gasteiger partial charge on any atom is 0.251 e. The number of halogens is 2. The number of rotatable bonds is 4. The quantitative estimate of drug-likeness (QED) is 0.912. The van der Waals surface area contributed by atoms with Gasteiger partial charge in [0.05, 0.1) is 6.54 Å². The van der Waals surface area contributed by atoms with Gasteiger partial charge in [0.15, 0.2) is 0 Å². The van der Waals surface area contributed by atoms with Crippen molar-refractivity contribution in [3.8, 4) is 0 Å². The predicted molar refractivity (Wildman–Crippen MR) is 79.8 cm³/mol. The van der Waals surface area contributed by atoms with Crippen LogP contribution in [0.5, 0.6) is 0 Å². The molecule has 1 unspecified atom stereocenters. The van der Waals surface area contributed by atoms with Gasteiger partial charge in [0, 0.05) is 10.6 Å². The smallest absolute Gasteiger partial charge is 0.251 e. The number of carbonyl (C=O) groups is 1. The van der Waals surface area contributed by atoms with Crippen LogP contribution in [0.3, 0.4) is 0 Å². The Balaban J connectivity index is 2.02. The summed E-state index contributed by atoms with van der Waals surface area (Å²) in [5.74, 6) is -0.774. The average Bonchev–Trinajstić information content (AvgIpc) is 2.46. The number of nitrogens with one attached hydrogen (secondary N) is 1. The van der Waals surface area contributed by atoms with Gasteiger partial charge < -0.3 is 10.4 Å². The Morgan fingerprint density at radius 1 is 1.19 bits per heavy atom. The van der Waals surface area contributed by atoms with Crippen molar-refractivity contribution in [3.63, 3.8) is 0 Å². The van der Waals surface area contributed by atoms with E-state index in [1.165, 1.54) is 24.3 Å². The SMILES string of the molecule is CC(O)(CNC(=O)c1ccc(F)cc1)c1ccc(Cl)cc1. The molecule has 2 aromatic carbocycles. The van der Waals surface area contributed by atoms with Crippen LogP contribution in [0, 0.1) is 5.82 Å². The minimum Gasteiger partial charge on any atom is -0.384 e. The summed E-state index contributed by atoms with van der Waals surface area (Å²) in [6.07, 6.45) is 0. The Morgan fingerprint density at radius 3 is 2.33 bits per heavy atom. The van der Waals surface area contributed by atoms with E-state index in [0.29, 0.717) is 16.1 Å². The van der Waals surface area contributed by atoms with Gasteiger partial charge in [-0.25, -0.2) is 4.39 Å².